The first-order chi connectivity index (χ1) is 14.4. The van der Waals surface area contributed by atoms with Gasteiger partial charge >= 0.3 is 0 Å². The monoisotopic (exact) mass is 375 g/mol. The lowest BCUT2D eigenvalue weighted by atomic mass is 9.77. The largest absolute Gasteiger partial charge is 0.368 e. The Morgan fingerprint density at radius 1 is 0.621 bits per heavy atom. The van der Waals surface area contributed by atoms with Gasteiger partial charge in [0.2, 0.25) is 0 Å². The third kappa shape index (κ3) is 3.45. The fourth-order valence-electron chi connectivity index (χ4n) is 4.72. The Kier molecular flexibility index (Phi) is 4.88. The summed E-state index contributed by atoms with van der Waals surface area (Å²) in [4.78, 5) is 2.86. The standard InChI is InChI=1S/C24H20.C4H5N/c1-2-7-17(8-3-1)20-11-6-12-21-22(20)15-16-23-19-10-5-4-9-18(19)13-14-24(21)23;1-2-4-5-3-1/h1-5,7-10,13-16,20H,6,11-12H2;1-5H/t20-;/m0./s1. The number of rotatable bonds is 1. The average molecular weight is 376 g/mol. The molecule has 0 bridgehead atoms. The van der Waals surface area contributed by atoms with E-state index in [0.29, 0.717) is 5.92 Å². The second kappa shape index (κ2) is 7.97. The van der Waals surface area contributed by atoms with Crippen molar-refractivity contribution in [1.29, 1.82) is 0 Å². The van der Waals surface area contributed by atoms with E-state index in [1.165, 1.54) is 51.9 Å². The highest BCUT2D eigenvalue weighted by Gasteiger charge is 2.23. The topological polar surface area (TPSA) is 15.8 Å². The highest BCUT2D eigenvalue weighted by atomic mass is 14.6. The maximum Gasteiger partial charge on any atom is 0.00924 e. The predicted molar refractivity (Wildman–Crippen MR) is 123 cm³/mol. The van der Waals surface area contributed by atoms with Crippen molar-refractivity contribution in [2.75, 3.05) is 0 Å². The van der Waals surface area contributed by atoms with Gasteiger partial charge in [-0.15, -0.1) is 0 Å². The van der Waals surface area contributed by atoms with Crippen molar-refractivity contribution >= 4 is 21.5 Å². The van der Waals surface area contributed by atoms with Crippen molar-refractivity contribution in [3.8, 4) is 0 Å². The smallest absolute Gasteiger partial charge is 0.00924 e. The van der Waals surface area contributed by atoms with Crippen molar-refractivity contribution in [3.63, 3.8) is 0 Å². The summed E-state index contributed by atoms with van der Waals surface area (Å²) in [5.41, 5.74) is 4.56. The Morgan fingerprint density at radius 2 is 1.38 bits per heavy atom. The Hall–Kier alpha value is -3.32. The Bertz CT molecular complexity index is 1200. The van der Waals surface area contributed by atoms with Crippen molar-refractivity contribution in [2.24, 2.45) is 0 Å². The first-order valence-corrected chi connectivity index (χ1v) is 10.5. The molecule has 0 saturated carbocycles. The fourth-order valence-corrected chi connectivity index (χ4v) is 4.72. The zero-order valence-electron chi connectivity index (χ0n) is 16.5. The van der Waals surface area contributed by atoms with Crippen molar-refractivity contribution in [1.82, 2.24) is 4.98 Å². The van der Waals surface area contributed by atoms with E-state index in [2.05, 4.69) is 83.8 Å². The third-order valence-electron chi connectivity index (χ3n) is 6.07. The molecule has 29 heavy (non-hydrogen) atoms. The molecule has 1 N–H and O–H groups in total. The summed E-state index contributed by atoms with van der Waals surface area (Å²) in [6.45, 7) is 0. The molecule has 1 aliphatic rings. The number of benzene rings is 4. The molecule has 1 atom stereocenters. The van der Waals surface area contributed by atoms with Gasteiger partial charge < -0.3 is 4.98 Å². The molecule has 0 spiro atoms. The molecule has 142 valence electrons. The van der Waals surface area contributed by atoms with Crippen LogP contribution in [0.5, 0.6) is 0 Å². The molecule has 1 heteroatoms. The van der Waals surface area contributed by atoms with Crippen LogP contribution in [0.1, 0.15) is 35.4 Å². The van der Waals surface area contributed by atoms with Gasteiger partial charge in [-0.3, -0.25) is 0 Å². The van der Waals surface area contributed by atoms with Crippen LogP contribution in [-0.2, 0) is 6.42 Å². The van der Waals surface area contributed by atoms with Crippen LogP contribution in [0.2, 0.25) is 0 Å². The molecule has 1 heterocycles. The Morgan fingerprint density at radius 3 is 2.17 bits per heavy atom. The van der Waals surface area contributed by atoms with Gasteiger partial charge in [0.1, 0.15) is 0 Å². The minimum Gasteiger partial charge on any atom is -0.368 e. The van der Waals surface area contributed by atoms with Crippen LogP contribution < -0.4 is 0 Å². The maximum atomic E-state index is 2.86. The SMILES string of the molecule is c1cc[nH]c1.c1ccc([C@@H]2CCCc3c2ccc2c3ccc3ccccc32)cc1. The summed E-state index contributed by atoms with van der Waals surface area (Å²) in [5, 5.41) is 5.56. The van der Waals surface area contributed by atoms with E-state index in [1.54, 1.807) is 5.56 Å². The van der Waals surface area contributed by atoms with Crippen LogP contribution >= 0.6 is 0 Å². The molecule has 6 rings (SSSR count). The Balaban J connectivity index is 0.000000319. The lowest BCUT2D eigenvalue weighted by Crippen LogP contribution is -2.11. The van der Waals surface area contributed by atoms with Crippen LogP contribution in [0, 0.1) is 0 Å². The van der Waals surface area contributed by atoms with Crippen molar-refractivity contribution < 1.29 is 0 Å². The third-order valence-corrected chi connectivity index (χ3v) is 6.07. The minimum absolute atomic E-state index is 0.547. The maximum absolute atomic E-state index is 2.86. The van der Waals surface area contributed by atoms with Crippen LogP contribution in [0.15, 0.2) is 103 Å². The molecule has 0 amide bonds. The number of nitrogens with one attached hydrogen (secondary N) is 1. The zero-order chi connectivity index (χ0) is 19.5. The molecule has 0 fully saturated rings. The van der Waals surface area contributed by atoms with E-state index < -0.39 is 0 Å². The molecule has 0 radical (unpaired) electrons. The molecule has 1 aliphatic carbocycles. The van der Waals surface area contributed by atoms with E-state index in [-0.39, 0.29) is 0 Å². The van der Waals surface area contributed by atoms with Gasteiger partial charge in [0.05, 0.1) is 0 Å². The van der Waals surface area contributed by atoms with Gasteiger partial charge in [-0.05, 0) is 69.6 Å². The summed E-state index contributed by atoms with van der Waals surface area (Å²) >= 11 is 0. The normalized spacial score (nSPS) is 15.5. The molecule has 5 aromatic rings. The van der Waals surface area contributed by atoms with Gasteiger partial charge in [0.25, 0.3) is 0 Å². The molecule has 0 saturated heterocycles. The molecule has 0 aliphatic heterocycles. The van der Waals surface area contributed by atoms with Gasteiger partial charge in [-0.2, -0.15) is 0 Å². The zero-order valence-corrected chi connectivity index (χ0v) is 16.5. The van der Waals surface area contributed by atoms with Gasteiger partial charge in [-0.25, -0.2) is 0 Å². The number of aromatic nitrogens is 1. The number of aromatic amines is 1. The van der Waals surface area contributed by atoms with Crippen LogP contribution in [0.4, 0.5) is 0 Å². The summed E-state index contributed by atoms with van der Waals surface area (Å²) in [5.74, 6) is 0.547. The lowest BCUT2D eigenvalue weighted by molar-refractivity contribution is 0.619. The number of hydrogen-bond acceptors (Lipinski definition) is 0. The van der Waals surface area contributed by atoms with E-state index in [9.17, 15) is 0 Å². The summed E-state index contributed by atoms with van der Waals surface area (Å²) in [6, 6.07) is 33.0. The summed E-state index contributed by atoms with van der Waals surface area (Å²) < 4.78 is 0. The fraction of sp³-hybridized carbons (Fsp3) is 0.143. The van der Waals surface area contributed by atoms with Crippen LogP contribution in [0.25, 0.3) is 21.5 Å². The molecular weight excluding hydrogens is 350 g/mol. The molecular formula is C28H25N. The van der Waals surface area contributed by atoms with E-state index in [1.807, 2.05) is 24.5 Å². The molecule has 0 unspecified atom stereocenters. The number of fused-ring (bicyclic) bond motifs is 5. The summed E-state index contributed by atoms with van der Waals surface area (Å²) in [6.07, 6.45) is 7.49. The first-order valence-electron chi connectivity index (χ1n) is 10.5. The number of aryl methyl sites for hydroxylation is 1. The quantitative estimate of drug-likeness (QED) is 0.292. The second-order valence-corrected chi connectivity index (χ2v) is 7.76. The predicted octanol–water partition coefficient (Wildman–Crippen LogP) is 7.48. The van der Waals surface area contributed by atoms with Crippen molar-refractivity contribution in [2.45, 2.75) is 25.2 Å². The number of H-pyrrole nitrogens is 1. The van der Waals surface area contributed by atoms with Gasteiger partial charge in [-0.1, -0.05) is 78.9 Å². The first kappa shape index (κ1) is 17.8. The highest BCUT2D eigenvalue weighted by molar-refractivity contribution is 6.08. The molecule has 1 nitrogen and oxygen atoms in total. The number of hydrogen-bond donors (Lipinski definition) is 1. The lowest BCUT2D eigenvalue weighted by Gasteiger charge is -2.27. The average Bonchev–Trinajstić information content (AvgIpc) is 3.39. The Labute approximate surface area is 172 Å². The van der Waals surface area contributed by atoms with Crippen LogP contribution in [0.3, 0.4) is 0 Å². The van der Waals surface area contributed by atoms with E-state index in [0.717, 1.165) is 0 Å². The van der Waals surface area contributed by atoms with Crippen molar-refractivity contribution in [3.05, 3.63) is 120 Å². The molecule has 1 aromatic heterocycles. The van der Waals surface area contributed by atoms with E-state index in [4.69, 9.17) is 0 Å². The highest BCUT2D eigenvalue weighted by Crippen LogP contribution is 2.41. The van der Waals surface area contributed by atoms with E-state index >= 15 is 0 Å². The molecule has 4 aromatic carbocycles. The summed E-state index contributed by atoms with van der Waals surface area (Å²) in [7, 11) is 0. The van der Waals surface area contributed by atoms with Gasteiger partial charge in [0.15, 0.2) is 0 Å². The second-order valence-electron chi connectivity index (χ2n) is 7.76. The van der Waals surface area contributed by atoms with Gasteiger partial charge in [0, 0.05) is 18.3 Å². The van der Waals surface area contributed by atoms with Crippen LogP contribution in [-0.4, -0.2) is 4.98 Å². The minimum atomic E-state index is 0.547.